The van der Waals surface area contributed by atoms with Gasteiger partial charge in [0.2, 0.25) is 5.91 Å². The first-order valence-electron chi connectivity index (χ1n) is 9.35. The summed E-state index contributed by atoms with van der Waals surface area (Å²) in [5.41, 5.74) is 4.10. The van der Waals surface area contributed by atoms with Gasteiger partial charge in [-0.15, -0.1) is 0 Å². The molecule has 1 N–H and O–H groups in total. The number of hydrogen-bond donors (Lipinski definition) is 1. The number of anilines is 1. The standard InChI is InChI=1S/C23H23ClN2O4/c1-14-5-8-18(12-20(14)24)25-23(27)10-7-17-6-9-21(22(11-17)28-4)29-13-19-15(2)26-30-16(19)3/h5-12H,13H2,1-4H3,(H,25,27). The second kappa shape index (κ2) is 9.50. The summed E-state index contributed by atoms with van der Waals surface area (Å²) in [6, 6.07) is 10.8. The van der Waals surface area contributed by atoms with Gasteiger partial charge in [-0.3, -0.25) is 4.79 Å². The minimum Gasteiger partial charge on any atom is -0.493 e. The third-order valence-corrected chi connectivity index (χ3v) is 5.01. The van der Waals surface area contributed by atoms with Crippen LogP contribution < -0.4 is 14.8 Å². The molecule has 0 spiro atoms. The third-order valence-electron chi connectivity index (χ3n) is 4.61. The first kappa shape index (κ1) is 21.5. The quantitative estimate of drug-likeness (QED) is 0.505. The van der Waals surface area contributed by atoms with Crippen LogP contribution in [0.4, 0.5) is 5.69 Å². The summed E-state index contributed by atoms with van der Waals surface area (Å²) in [5.74, 6) is 1.63. The van der Waals surface area contributed by atoms with Gasteiger partial charge in [-0.05, 0) is 62.2 Å². The normalized spacial score (nSPS) is 11.0. The number of nitrogens with one attached hydrogen (secondary N) is 1. The van der Waals surface area contributed by atoms with Crippen LogP contribution in [0.5, 0.6) is 11.5 Å². The lowest BCUT2D eigenvalue weighted by Gasteiger charge is -2.11. The van der Waals surface area contributed by atoms with E-state index in [-0.39, 0.29) is 5.91 Å². The average molecular weight is 427 g/mol. The molecule has 0 aliphatic heterocycles. The highest BCUT2D eigenvalue weighted by atomic mass is 35.5. The van der Waals surface area contributed by atoms with Gasteiger partial charge in [0.25, 0.3) is 0 Å². The zero-order valence-electron chi connectivity index (χ0n) is 17.3. The third kappa shape index (κ3) is 5.21. The fourth-order valence-corrected chi connectivity index (χ4v) is 2.97. The maximum absolute atomic E-state index is 12.2. The van der Waals surface area contributed by atoms with E-state index in [1.807, 2.05) is 32.9 Å². The molecule has 0 radical (unpaired) electrons. The topological polar surface area (TPSA) is 73.6 Å². The highest BCUT2D eigenvalue weighted by Gasteiger charge is 2.12. The van der Waals surface area contributed by atoms with Crippen molar-refractivity contribution in [1.29, 1.82) is 0 Å². The molecule has 0 saturated carbocycles. The van der Waals surface area contributed by atoms with Gasteiger partial charge < -0.3 is 19.3 Å². The summed E-state index contributed by atoms with van der Waals surface area (Å²) < 4.78 is 16.5. The molecular weight excluding hydrogens is 404 g/mol. The number of amides is 1. The van der Waals surface area contributed by atoms with E-state index in [1.165, 1.54) is 6.08 Å². The molecular formula is C23H23ClN2O4. The minimum atomic E-state index is -0.257. The van der Waals surface area contributed by atoms with Crippen LogP contribution in [0.3, 0.4) is 0 Å². The van der Waals surface area contributed by atoms with Crippen LogP contribution in [-0.2, 0) is 11.4 Å². The smallest absolute Gasteiger partial charge is 0.248 e. The van der Waals surface area contributed by atoms with Crippen molar-refractivity contribution < 1.29 is 18.8 Å². The van der Waals surface area contributed by atoms with Crippen molar-refractivity contribution in [1.82, 2.24) is 5.16 Å². The van der Waals surface area contributed by atoms with Gasteiger partial charge in [-0.1, -0.05) is 28.9 Å². The number of hydrogen-bond acceptors (Lipinski definition) is 5. The Balaban J connectivity index is 1.66. The first-order chi connectivity index (χ1) is 14.4. The molecule has 0 saturated heterocycles. The predicted molar refractivity (Wildman–Crippen MR) is 117 cm³/mol. The summed E-state index contributed by atoms with van der Waals surface area (Å²) in [6.07, 6.45) is 3.15. The minimum absolute atomic E-state index is 0.257. The van der Waals surface area contributed by atoms with Gasteiger partial charge in [0.05, 0.1) is 18.4 Å². The fraction of sp³-hybridized carbons (Fsp3) is 0.217. The number of rotatable bonds is 7. The molecule has 0 unspecified atom stereocenters. The van der Waals surface area contributed by atoms with E-state index >= 15 is 0 Å². The van der Waals surface area contributed by atoms with Crippen molar-refractivity contribution in [3.63, 3.8) is 0 Å². The van der Waals surface area contributed by atoms with Crippen LogP contribution in [0.1, 0.15) is 28.1 Å². The lowest BCUT2D eigenvalue weighted by molar-refractivity contribution is -0.111. The zero-order valence-corrected chi connectivity index (χ0v) is 18.0. The molecule has 30 heavy (non-hydrogen) atoms. The molecule has 0 atom stereocenters. The van der Waals surface area contributed by atoms with Crippen molar-refractivity contribution in [2.75, 3.05) is 12.4 Å². The van der Waals surface area contributed by atoms with Gasteiger partial charge in [0.1, 0.15) is 12.4 Å². The van der Waals surface area contributed by atoms with E-state index < -0.39 is 0 Å². The van der Waals surface area contributed by atoms with Crippen LogP contribution in [-0.4, -0.2) is 18.2 Å². The van der Waals surface area contributed by atoms with Gasteiger partial charge in [-0.2, -0.15) is 0 Å². The largest absolute Gasteiger partial charge is 0.493 e. The summed E-state index contributed by atoms with van der Waals surface area (Å²) in [5, 5.41) is 7.32. The summed E-state index contributed by atoms with van der Waals surface area (Å²) in [4.78, 5) is 12.2. The number of aromatic nitrogens is 1. The van der Waals surface area contributed by atoms with E-state index in [0.29, 0.717) is 28.8 Å². The van der Waals surface area contributed by atoms with E-state index in [0.717, 1.165) is 28.1 Å². The van der Waals surface area contributed by atoms with Crippen LogP contribution in [0.25, 0.3) is 6.08 Å². The Bertz CT molecular complexity index is 1070. The molecule has 0 fully saturated rings. The number of halogens is 1. The summed E-state index contributed by atoms with van der Waals surface area (Å²) >= 11 is 6.09. The second-order valence-corrected chi connectivity index (χ2v) is 7.20. The first-order valence-corrected chi connectivity index (χ1v) is 9.73. The van der Waals surface area contributed by atoms with Crippen molar-refractivity contribution in [3.05, 3.63) is 75.6 Å². The van der Waals surface area contributed by atoms with Crippen molar-refractivity contribution in [2.24, 2.45) is 0 Å². The van der Waals surface area contributed by atoms with Crippen molar-refractivity contribution in [2.45, 2.75) is 27.4 Å². The number of carbonyl (C=O) groups excluding carboxylic acids is 1. The molecule has 0 bridgehead atoms. The Labute approximate surface area is 180 Å². The van der Waals surface area contributed by atoms with Gasteiger partial charge in [0.15, 0.2) is 11.5 Å². The van der Waals surface area contributed by atoms with Gasteiger partial charge in [0, 0.05) is 16.8 Å². The summed E-state index contributed by atoms with van der Waals surface area (Å²) in [6.45, 7) is 5.95. The van der Waals surface area contributed by atoms with Crippen molar-refractivity contribution >= 4 is 29.3 Å². The zero-order chi connectivity index (χ0) is 21.7. The van der Waals surface area contributed by atoms with E-state index in [2.05, 4.69) is 10.5 Å². The molecule has 1 amide bonds. The van der Waals surface area contributed by atoms with Crippen LogP contribution in [0.15, 0.2) is 47.0 Å². The Morgan fingerprint density at radius 2 is 1.97 bits per heavy atom. The molecule has 3 aromatic rings. The van der Waals surface area contributed by atoms with E-state index in [9.17, 15) is 4.79 Å². The molecule has 1 heterocycles. The number of ether oxygens (including phenoxy) is 2. The number of aryl methyl sites for hydroxylation is 3. The molecule has 156 valence electrons. The Morgan fingerprint density at radius 3 is 2.63 bits per heavy atom. The molecule has 0 aliphatic carbocycles. The van der Waals surface area contributed by atoms with Crippen molar-refractivity contribution in [3.8, 4) is 11.5 Å². The highest BCUT2D eigenvalue weighted by molar-refractivity contribution is 6.31. The van der Waals surface area contributed by atoms with Crippen LogP contribution in [0.2, 0.25) is 5.02 Å². The molecule has 3 rings (SSSR count). The monoisotopic (exact) mass is 426 g/mol. The van der Waals surface area contributed by atoms with Gasteiger partial charge >= 0.3 is 0 Å². The second-order valence-electron chi connectivity index (χ2n) is 6.79. The number of benzene rings is 2. The Hall–Kier alpha value is -3.25. The molecule has 6 nitrogen and oxygen atoms in total. The summed E-state index contributed by atoms with van der Waals surface area (Å²) in [7, 11) is 1.57. The van der Waals surface area contributed by atoms with Crippen LogP contribution in [0, 0.1) is 20.8 Å². The number of methoxy groups -OCH3 is 1. The fourth-order valence-electron chi connectivity index (χ4n) is 2.79. The lowest BCUT2D eigenvalue weighted by Crippen LogP contribution is -2.07. The number of nitrogens with zero attached hydrogens (tertiary/aromatic N) is 1. The predicted octanol–water partition coefficient (Wildman–Crippen LogP) is 5.49. The lowest BCUT2D eigenvalue weighted by atomic mass is 10.1. The Morgan fingerprint density at radius 1 is 1.17 bits per heavy atom. The average Bonchev–Trinajstić information content (AvgIpc) is 3.05. The highest BCUT2D eigenvalue weighted by Crippen LogP contribution is 2.30. The maximum Gasteiger partial charge on any atom is 0.248 e. The molecule has 2 aromatic carbocycles. The van der Waals surface area contributed by atoms with E-state index in [1.54, 1.807) is 37.5 Å². The van der Waals surface area contributed by atoms with Gasteiger partial charge in [-0.25, -0.2) is 0 Å². The Kier molecular flexibility index (Phi) is 6.79. The maximum atomic E-state index is 12.2. The van der Waals surface area contributed by atoms with E-state index in [4.69, 9.17) is 25.6 Å². The molecule has 7 heteroatoms. The SMILES string of the molecule is COc1cc(C=CC(=O)Nc2ccc(C)c(Cl)c2)ccc1OCc1c(C)noc1C. The molecule has 1 aromatic heterocycles. The number of carbonyl (C=O) groups is 1. The van der Waals surface area contributed by atoms with Crippen LogP contribution >= 0.6 is 11.6 Å². The molecule has 0 aliphatic rings.